The average Bonchev–Trinajstić information content (AvgIpc) is 3.18. The van der Waals surface area contributed by atoms with Crippen LogP contribution in [-0.2, 0) is 16.0 Å². The summed E-state index contributed by atoms with van der Waals surface area (Å²) in [6.45, 7) is 0.547. The number of amides is 2. The minimum absolute atomic E-state index is 0.00815. The predicted molar refractivity (Wildman–Crippen MR) is 81.0 cm³/mol. The van der Waals surface area contributed by atoms with Crippen LogP contribution in [0.15, 0.2) is 24.3 Å². The van der Waals surface area contributed by atoms with Gasteiger partial charge in [0.15, 0.2) is 0 Å². The van der Waals surface area contributed by atoms with Crippen LogP contribution in [0.25, 0.3) is 0 Å². The highest BCUT2D eigenvalue weighted by Gasteiger charge is 2.26. The zero-order valence-corrected chi connectivity index (χ0v) is 12.0. The van der Waals surface area contributed by atoms with Crippen LogP contribution in [0, 0.1) is 0 Å². The number of rotatable bonds is 6. The van der Waals surface area contributed by atoms with Crippen molar-refractivity contribution in [2.75, 3.05) is 11.9 Å². The lowest BCUT2D eigenvalue weighted by Gasteiger charge is -2.11. The molecule has 1 heterocycles. The topological polar surface area (TPSA) is 70.2 Å². The second-order valence-corrected chi connectivity index (χ2v) is 5.79. The number of carbonyl (C=O) groups is 2. The molecule has 0 spiro atoms. The summed E-state index contributed by atoms with van der Waals surface area (Å²) >= 11 is 0. The van der Waals surface area contributed by atoms with E-state index >= 15 is 0 Å². The third-order valence-electron chi connectivity index (χ3n) is 3.91. The number of hydrogen-bond acceptors (Lipinski definition) is 3. The fourth-order valence-corrected chi connectivity index (χ4v) is 2.57. The Labute approximate surface area is 124 Å². The van der Waals surface area contributed by atoms with Crippen LogP contribution < -0.4 is 16.0 Å². The number of para-hydroxylation sites is 1. The van der Waals surface area contributed by atoms with Crippen molar-refractivity contribution in [1.82, 2.24) is 10.6 Å². The number of hydrogen-bond donors (Lipinski definition) is 3. The van der Waals surface area contributed by atoms with E-state index in [-0.39, 0.29) is 17.9 Å². The molecule has 1 aliphatic carbocycles. The van der Waals surface area contributed by atoms with Crippen LogP contribution in [0.5, 0.6) is 0 Å². The molecule has 0 bridgehead atoms. The van der Waals surface area contributed by atoms with Crippen LogP contribution >= 0.6 is 0 Å². The zero-order chi connectivity index (χ0) is 14.7. The fraction of sp³-hybridized carbons (Fsp3) is 0.500. The summed E-state index contributed by atoms with van der Waals surface area (Å²) < 4.78 is 0. The van der Waals surface area contributed by atoms with Crippen molar-refractivity contribution in [2.24, 2.45) is 0 Å². The molecule has 2 aliphatic rings. The van der Waals surface area contributed by atoms with Gasteiger partial charge in [0, 0.05) is 31.1 Å². The summed E-state index contributed by atoms with van der Waals surface area (Å²) in [7, 11) is 0. The van der Waals surface area contributed by atoms with Crippen molar-refractivity contribution >= 4 is 17.5 Å². The van der Waals surface area contributed by atoms with Gasteiger partial charge in [-0.3, -0.25) is 9.59 Å². The Morgan fingerprint density at radius 3 is 2.81 bits per heavy atom. The van der Waals surface area contributed by atoms with E-state index in [1.165, 1.54) is 5.56 Å². The van der Waals surface area contributed by atoms with Gasteiger partial charge in [0.2, 0.25) is 11.8 Å². The summed E-state index contributed by atoms with van der Waals surface area (Å²) in [6.07, 6.45) is 4.11. The van der Waals surface area contributed by atoms with Crippen LogP contribution in [0.3, 0.4) is 0 Å². The largest absolute Gasteiger partial charge is 0.373 e. The van der Waals surface area contributed by atoms with Gasteiger partial charge in [-0.2, -0.15) is 0 Å². The quantitative estimate of drug-likeness (QED) is 0.689. The van der Waals surface area contributed by atoms with E-state index in [0.29, 0.717) is 25.4 Å². The molecule has 1 atom stereocenters. The van der Waals surface area contributed by atoms with E-state index in [1.807, 2.05) is 24.3 Å². The van der Waals surface area contributed by atoms with E-state index < -0.39 is 0 Å². The number of fused-ring (bicyclic) bond motifs is 1. The maximum absolute atomic E-state index is 12.1. The second kappa shape index (κ2) is 6.16. The summed E-state index contributed by atoms with van der Waals surface area (Å²) in [5.41, 5.74) is 2.22. The molecule has 1 aromatic rings. The summed E-state index contributed by atoms with van der Waals surface area (Å²) in [5, 5.41) is 9.07. The SMILES string of the molecule is O=C(CCCNC(=O)[C@@H]1Cc2ccccc2N1)NC1CC1. The molecule has 0 saturated heterocycles. The molecule has 21 heavy (non-hydrogen) atoms. The van der Waals surface area contributed by atoms with Gasteiger partial charge in [0.1, 0.15) is 6.04 Å². The molecular weight excluding hydrogens is 266 g/mol. The molecule has 1 aliphatic heterocycles. The number of carbonyl (C=O) groups excluding carboxylic acids is 2. The molecule has 3 rings (SSSR count). The molecule has 112 valence electrons. The van der Waals surface area contributed by atoms with Crippen molar-refractivity contribution in [1.29, 1.82) is 0 Å². The van der Waals surface area contributed by atoms with Crippen LogP contribution in [0.1, 0.15) is 31.2 Å². The van der Waals surface area contributed by atoms with E-state index in [1.54, 1.807) is 0 Å². The van der Waals surface area contributed by atoms with Gasteiger partial charge in [0.05, 0.1) is 0 Å². The molecular formula is C16H21N3O2. The van der Waals surface area contributed by atoms with Crippen LogP contribution in [-0.4, -0.2) is 30.4 Å². The van der Waals surface area contributed by atoms with Crippen LogP contribution in [0.2, 0.25) is 0 Å². The van der Waals surface area contributed by atoms with Crippen molar-refractivity contribution < 1.29 is 9.59 Å². The average molecular weight is 287 g/mol. The normalized spacial score (nSPS) is 19.5. The Kier molecular flexibility index (Phi) is 4.08. The Balaban J connectivity index is 1.34. The molecule has 1 saturated carbocycles. The Morgan fingerprint density at radius 2 is 2.05 bits per heavy atom. The molecule has 1 fully saturated rings. The third kappa shape index (κ3) is 3.74. The molecule has 0 radical (unpaired) electrons. The highest BCUT2D eigenvalue weighted by molar-refractivity contribution is 5.87. The Hall–Kier alpha value is -2.04. The van der Waals surface area contributed by atoms with Crippen molar-refractivity contribution in [2.45, 2.75) is 44.2 Å². The van der Waals surface area contributed by atoms with Crippen molar-refractivity contribution in [3.8, 4) is 0 Å². The Morgan fingerprint density at radius 1 is 1.24 bits per heavy atom. The van der Waals surface area contributed by atoms with Gasteiger partial charge < -0.3 is 16.0 Å². The number of anilines is 1. The second-order valence-electron chi connectivity index (χ2n) is 5.79. The highest BCUT2D eigenvalue weighted by atomic mass is 16.2. The first-order valence-corrected chi connectivity index (χ1v) is 7.64. The molecule has 0 unspecified atom stereocenters. The minimum Gasteiger partial charge on any atom is -0.373 e. The van der Waals surface area contributed by atoms with Crippen LogP contribution in [0.4, 0.5) is 5.69 Å². The zero-order valence-electron chi connectivity index (χ0n) is 12.0. The lowest BCUT2D eigenvalue weighted by Crippen LogP contribution is -2.39. The lowest BCUT2D eigenvalue weighted by molar-refractivity contribution is -0.123. The van der Waals surface area contributed by atoms with Gasteiger partial charge in [-0.05, 0) is 30.9 Å². The maximum Gasteiger partial charge on any atom is 0.242 e. The van der Waals surface area contributed by atoms with E-state index in [9.17, 15) is 9.59 Å². The standard InChI is InChI=1S/C16H21N3O2/c20-15(18-12-7-8-12)6-3-9-17-16(21)14-10-11-4-1-2-5-13(11)19-14/h1-2,4-5,12,14,19H,3,6-10H2,(H,17,21)(H,18,20)/t14-/m0/s1. The smallest absolute Gasteiger partial charge is 0.242 e. The molecule has 2 amide bonds. The molecule has 5 heteroatoms. The van der Waals surface area contributed by atoms with E-state index in [0.717, 1.165) is 24.9 Å². The van der Waals surface area contributed by atoms with Crippen molar-refractivity contribution in [3.05, 3.63) is 29.8 Å². The molecule has 0 aromatic heterocycles. The summed E-state index contributed by atoms with van der Waals surface area (Å²) in [6, 6.07) is 8.20. The molecule has 1 aromatic carbocycles. The predicted octanol–water partition coefficient (Wildman–Crippen LogP) is 1.20. The van der Waals surface area contributed by atoms with Gasteiger partial charge in [-0.25, -0.2) is 0 Å². The highest BCUT2D eigenvalue weighted by Crippen LogP contribution is 2.25. The first-order chi connectivity index (χ1) is 10.2. The maximum atomic E-state index is 12.1. The van der Waals surface area contributed by atoms with Gasteiger partial charge >= 0.3 is 0 Å². The number of benzene rings is 1. The Bertz CT molecular complexity index is 515. The number of nitrogens with one attached hydrogen (secondary N) is 3. The van der Waals surface area contributed by atoms with E-state index in [4.69, 9.17) is 0 Å². The van der Waals surface area contributed by atoms with Gasteiger partial charge in [0.25, 0.3) is 0 Å². The fourth-order valence-electron chi connectivity index (χ4n) is 2.57. The summed E-state index contributed by atoms with van der Waals surface area (Å²) in [4.78, 5) is 23.6. The minimum atomic E-state index is -0.192. The monoisotopic (exact) mass is 287 g/mol. The van der Waals surface area contributed by atoms with Gasteiger partial charge in [-0.15, -0.1) is 0 Å². The molecule has 5 nitrogen and oxygen atoms in total. The first kappa shape index (κ1) is 13.9. The first-order valence-electron chi connectivity index (χ1n) is 7.64. The lowest BCUT2D eigenvalue weighted by atomic mass is 10.1. The molecule has 3 N–H and O–H groups in total. The third-order valence-corrected chi connectivity index (χ3v) is 3.91. The summed E-state index contributed by atoms with van der Waals surface area (Å²) in [5.74, 6) is 0.104. The van der Waals surface area contributed by atoms with E-state index in [2.05, 4.69) is 16.0 Å². The van der Waals surface area contributed by atoms with Gasteiger partial charge in [-0.1, -0.05) is 18.2 Å². The van der Waals surface area contributed by atoms with Crippen molar-refractivity contribution in [3.63, 3.8) is 0 Å².